The van der Waals surface area contributed by atoms with Crippen LogP contribution < -0.4 is 53.4 Å². The molecule has 2 aromatic rings. The van der Waals surface area contributed by atoms with E-state index in [1.165, 1.54) is 43.3 Å². The number of hydrogen-bond donors (Lipinski definition) is 22. The van der Waals surface area contributed by atoms with E-state index in [-0.39, 0.29) is 41.7 Å². The van der Waals surface area contributed by atoms with E-state index in [1.54, 1.807) is 13.8 Å². The summed E-state index contributed by atoms with van der Waals surface area (Å²) in [5, 5.41) is 159. The Morgan fingerprint density at radius 2 is 1.19 bits per heavy atom. The van der Waals surface area contributed by atoms with Crippen LogP contribution in [0.3, 0.4) is 0 Å². The normalized spacial score (nSPS) is 35.7. The Bertz CT molecular complexity index is 3160. The standard InChI is InChI=1S/C59H85FN12O26/c1-21(2)12-35(78)97-49-44(84)42(82)32(19-75)95-57(49)98-48-33(20-76)96-56(47(87)45(48)85)93-26-10-4-23(5-11-26)13-27-51(89)70-37(39(79)28-14-64-58(61)68-28)54(92)71-38(40(80)30-15-65-59(62)72(30)55-46(86)43(83)41(81)31(18-74)94-55)53(91)67-29(17-73)50(88)63-16-34(77)69-36(52(90)66-27)22(3)24-6-8-25(60)9-7-24/h4-11,21-22,27-33,36-49,55-57,73-76,79-87H,12-20H2,1-3H3,(H2,62,65)(H,63,88)(H,66,90)(H,67,91)(H,69,77)(H,70,89)(H,71,92)(H3,61,64,68). The molecule has 0 radical (unpaired) electrons. The maximum atomic E-state index is 15.2. The minimum absolute atomic E-state index is 0.113. The molecule has 6 aliphatic rings. The number of nitrogens with one attached hydrogen (secondary N) is 7. The number of aliphatic hydroxyl groups is 13. The number of benzene rings is 2. The molecule has 24 N–H and O–H groups in total. The van der Waals surface area contributed by atoms with Gasteiger partial charge in [-0.25, -0.2) is 4.39 Å². The number of aliphatic imine (C=N–C) groups is 2. The lowest BCUT2D eigenvalue weighted by Crippen LogP contribution is -2.70. The number of guanidine groups is 2. The molecule has 6 heterocycles. The van der Waals surface area contributed by atoms with Gasteiger partial charge in [-0.1, -0.05) is 45.0 Å². The van der Waals surface area contributed by atoms with Crippen LogP contribution in [-0.4, -0.2) is 317 Å². The van der Waals surface area contributed by atoms with Gasteiger partial charge in [0.25, 0.3) is 0 Å². The van der Waals surface area contributed by atoms with E-state index in [0.717, 1.165) is 17.0 Å². The van der Waals surface area contributed by atoms with E-state index in [4.69, 9.17) is 39.9 Å². The Kier molecular flexibility index (Phi) is 26.0. The van der Waals surface area contributed by atoms with Crippen molar-refractivity contribution in [1.82, 2.24) is 42.1 Å². The highest BCUT2D eigenvalue weighted by Crippen LogP contribution is 2.34. The quantitative estimate of drug-likeness (QED) is 0.0547. The monoisotopic (exact) mass is 1400 g/mol. The minimum atomic E-state index is -2.38. The van der Waals surface area contributed by atoms with E-state index in [0.29, 0.717) is 0 Å². The van der Waals surface area contributed by atoms with Crippen LogP contribution in [0.5, 0.6) is 5.75 Å². The van der Waals surface area contributed by atoms with Crippen LogP contribution in [0.25, 0.3) is 0 Å². The van der Waals surface area contributed by atoms with E-state index in [2.05, 4.69) is 47.2 Å². The summed E-state index contributed by atoms with van der Waals surface area (Å²) in [5.41, 5.74) is 12.5. The fourth-order valence-corrected chi connectivity index (χ4v) is 11.9. The second kappa shape index (κ2) is 33.5. The highest BCUT2D eigenvalue weighted by Gasteiger charge is 2.55. The number of ether oxygens (including phenoxy) is 6. The highest BCUT2D eigenvalue weighted by atomic mass is 19.1. The molecule has 38 nitrogen and oxygen atoms in total. The molecule has 4 saturated heterocycles. The number of rotatable bonds is 20. The topological polar surface area (TPSA) is 602 Å². The summed E-state index contributed by atoms with van der Waals surface area (Å²) < 4.78 is 48.7. The molecule has 2 aromatic carbocycles. The van der Waals surface area contributed by atoms with Crippen LogP contribution in [0.15, 0.2) is 58.5 Å². The summed E-state index contributed by atoms with van der Waals surface area (Å²) >= 11 is 0. The number of amides is 6. The van der Waals surface area contributed by atoms with Crippen molar-refractivity contribution >= 4 is 53.3 Å². The number of aliphatic hydroxyl groups excluding tert-OH is 13. The number of hydrogen-bond acceptors (Lipinski definition) is 32. The molecule has 4 fully saturated rings. The fraction of sp³-hybridized carbons (Fsp3) is 0.644. The second-order valence-electron chi connectivity index (χ2n) is 24.8. The summed E-state index contributed by atoms with van der Waals surface area (Å²) in [4.78, 5) is 109. The van der Waals surface area contributed by atoms with Crippen molar-refractivity contribution in [2.24, 2.45) is 27.4 Å². The summed E-state index contributed by atoms with van der Waals surface area (Å²) in [5.74, 6) is -11.3. The minimum Gasteiger partial charge on any atom is -0.462 e. The number of nitrogens with two attached hydrogens (primary N) is 2. The lowest BCUT2D eigenvalue weighted by Gasteiger charge is -2.46. The fourth-order valence-electron chi connectivity index (χ4n) is 11.9. The van der Waals surface area contributed by atoms with Gasteiger partial charge < -0.3 is 148 Å². The zero-order chi connectivity index (χ0) is 71.7. The molecule has 0 spiro atoms. The molecule has 39 heteroatoms. The lowest BCUT2D eigenvalue weighted by atomic mass is 9.92. The number of carbonyl (C=O) groups excluding carboxylic acids is 7. The average molecular weight is 1400 g/mol. The lowest BCUT2D eigenvalue weighted by molar-refractivity contribution is -0.353. The van der Waals surface area contributed by atoms with Crippen LogP contribution >= 0.6 is 0 Å². The summed E-state index contributed by atoms with van der Waals surface area (Å²) in [6.07, 6.45) is -32.3. The van der Waals surface area contributed by atoms with Crippen molar-refractivity contribution in [2.75, 3.05) is 46.1 Å². The van der Waals surface area contributed by atoms with Gasteiger partial charge in [0.1, 0.15) is 121 Å². The molecule has 0 bridgehead atoms. The first-order valence-electron chi connectivity index (χ1n) is 31.3. The number of esters is 1. The van der Waals surface area contributed by atoms with Gasteiger partial charge in [0, 0.05) is 18.8 Å². The van der Waals surface area contributed by atoms with Gasteiger partial charge in [-0.2, -0.15) is 0 Å². The van der Waals surface area contributed by atoms with E-state index in [9.17, 15) is 94.7 Å². The van der Waals surface area contributed by atoms with E-state index in [1.807, 2.05) is 0 Å². The SMILES string of the molecule is CC(C)CC(=O)OC1C(OC2C(CO)OC(Oc3ccc(CC4NC(=O)C(C(C)c5ccc(F)cc5)NC(=O)CNC(=O)C(CO)NC(=O)C(C(O)C5CN=C(N)N5C5OC(CO)C(O)C(O)C5O)NC(=O)C(C(O)C5CN=C(N)N5)NC4=O)cc3)C(O)C2O)OC(CO)C(O)C1O. The molecule has 544 valence electrons. The molecule has 25 unspecified atom stereocenters. The smallest absolute Gasteiger partial charge is 0.306 e. The van der Waals surface area contributed by atoms with Crippen LogP contribution in [0, 0.1) is 11.7 Å². The van der Waals surface area contributed by atoms with Gasteiger partial charge in [-0.3, -0.25) is 43.5 Å². The third kappa shape index (κ3) is 17.7. The van der Waals surface area contributed by atoms with Gasteiger partial charge in [-0.05, 0) is 41.3 Å². The maximum absolute atomic E-state index is 15.2. The summed E-state index contributed by atoms with van der Waals surface area (Å²) in [6, 6.07) is -3.25. The van der Waals surface area contributed by atoms with Crippen LogP contribution in [0.2, 0.25) is 0 Å². The number of carbonyl (C=O) groups is 7. The molecule has 25 atom stereocenters. The molecule has 8 rings (SSSR count). The van der Waals surface area contributed by atoms with E-state index < -0.39 is 252 Å². The first-order valence-corrected chi connectivity index (χ1v) is 31.3. The third-order valence-electron chi connectivity index (χ3n) is 17.4. The maximum Gasteiger partial charge on any atom is 0.306 e. The molecule has 6 amide bonds. The Balaban J connectivity index is 1.10. The average Bonchev–Trinajstić information content (AvgIpc) is 1.36. The Morgan fingerprint density at radius 3 is 1.82 bits per heavy atom. The second-order valence-corrected chi connectivity index (χ2v) is 24.8. The van der Waals surface area contributed by atoms with Crippen molar-refractivity contribution in [2.45, 2.75) is 186 Å². The van der Waals surface area contributed by atoms with Gasteiger partial charge >= 0.3 is 5.97 Å². The van der Waals surface area contributed by atoms with Crippen molar-refractivity contribution in [3.05, 3.63) is 65.5 Å². The third-order valence-corrected chi connectivity index (χ3v) is 17.4. The number of nitrogens with zero attached hydrogens (tertiary/aromatic N) is 3. The predicted octanol–water partition coefficient (Wildman–Crippen LogP) is -11.9. The molecule has 0 saturated carbocycles. The first kappa shape index (κ1) is 76.1. The van der Waals surface area contributed by atoms with Gasteiger partial charge in [-0.15, -0.1) is 0 Å². The predicted molar refractivity (Wildman–Crippen MR) is 326 cm³/mol. The van der Waals surface area contributed by atoms with Crippen molar-refractivity contribution < 1.29 is 133 Å². The van der Waals surface area contributed by atoms with Gasteiger partial charge in [0.15, 0.2) is 30.5 Å². The Morgan fingerprint density at radius 1 is 0.612 bits per heavy atom. The summed E-state index contributed by atoms with van der Waals surface area (Å²) in [7, 11) is 0. The first-order chi connectivity index (χ1) is 46.5. The summed E-state index contributed by atoms with van der Waals surface area (Å²) in [6.45, 7) is -0.922. The molecule has 0 aliphatic carbocycles. The van der Waals surface area contributed by atoms with Crippen molar-refractivity contribution in [1.29, 1.82) is 0 Å². The molecular formula is C59H85FN12O26. The Labute approximate surface area is 557 Å². The van der Waals surface area contributed by atoms with E-state index >= 15 is 9.59 Å². The molecular weight excluding hydrogens is 1310 g/mol. The molecule has 98 heavy (non-hydrogen) atoms. The highest BCUT2D eigenvalue weighted by molar-refractivity contribution is 5.98. The van der Waals surface area contributed by atoms with Crippen LogP contribution in [0.4, 0.5) is 4.39 Å². The molecule has 6 aliphatic heterocycles. The van der Waals surface area contributed by atoms with Crippen molar-refractivity contribution in [3.8, 4) is 5.75 Å². The number of halogens is 1. The Hall–Kier alpha value is -7.68. The zero-order valence-corrected chi connectivity index (χ0v) is 53.0. The van der Waals surface area contributed by atoms with Gasteiger partial charge in [0.05, 0.1) is 58.1 Å². The van der Waals surface area contributed by atoms with Crippen LogP contribution in [0.1, 0.15) is 44.2 Å². The van der Waals surface area contributed by atoms with Gasteiger partial charge in [0.2, 0.25) is 41.7 Å². The van der Waals surface area contributed by atoms with Crippen LogP contribution in [-0.2, 0) is 63.7 Å². The molecule has 0 aromatic heterocycles. The van der Waals surface area contributed by atoms with Crippen molar-refractivity contribution in [3.63, 3.8) is 0 Å². The zero-order valence-electron chi connectivity index (χ0n) is 53.0. The largest absolute Gasteiger partial charge is 0.462 e.